The third-order valence-electron chi connectivity index (χ3n) is 8.41. The van der Waals surface area contributed by atoms with Crippen LogP contribution in [0.2, 0.25) is 0 Å². The summed E-state index contributed by atoms with van der Waals surface area (Å²) < 4.78 is 0. The Bertz CT molecular complexity index is 1610. The van der Waals surface area contributed by atoms with E-state index in [2.05, 4.69) is 23.1 Å². The van der Waals surface area contributed by atoms with E-state index < -0.39 is 5.41 Å². The minimum absolute atomic E-state index is 0.0230. The van der Waals surface area contributed by atoms with Gasteiger partial charge in [0.1, 0.15) is 23.0 Å². The number of rotatable bonds is 1. The number of nitrogens with zero attached hydrogens (tertiary/aromatic N) is 1. The van der Waals surface area contributed by atoms with Crippen LogP contribution in [0, 0.1) is 0 Å². The van der Waals surface area contributed by atoms with Crippen molar-refractivity contribution in [1.82, 2.24) is 4.90 Å². The molecule has 0 radical (unpaired) electrons. The zero-order valence-corrected chi connectivity index (χ0v) is 20.2. The Morgan fingerprint density at radius 3 is 2.38 bits per heavy atom. The standard InChI is InChI=1S/C32H27NO4/c34-23-5-2-4-22(15-23)32-17-21-18-33(30(32)14-20-3-1-6-28(36)31(20)32)12-11-19-7-9-26(29(37)13-19)25-10-8-24(35)16-27(21)25/h1-10,13,15-17,30,34-37H,11-12,14,18H2/t30-,32+/m1/s1. The van der Waals surface area contributed by atoms with Crippen molar-refractivity contribution in [3.8, 4) is 34.1 Å². The Balaban J connectivity index is 1.58. The minimum atomic E-state index is -0.707. The van der Waals surface area contributed by atoms with E-state index in [1.807, 2.05) is 36.4 Å². The van der Waals surface area contributed by atoms with Gasteiger partial charge < -0.3 is 20.4 Å². The number of fused-ring (bicyclic) bond motifs is 6. The summed E-state index contributed by atoms with van der Waals surface area (Å²) in [4.78, 5) is 2.46. The van der Waals surface area contributed by atoms with Crippen LogP contribution in [0.3, 0.4) is 0 Å². The van der Waals surface area contributed by atoms with Crippen molar-refractivity contribution in [2.24, 2.45) is 0 Å². The normalized spacial score (nSPS) is 23.4. The molecule has 1 aliphatic carbocycles. The lowest BCUT2D eigenvalue weighted by Crippen LogP contribution is -2.52. The van der Waals surface area contributed by atoms with Crippen LogP contribution >= 0.6 is 0 Å². The summed E-state index contributed by atoms with van der Waals surface area (Å²) in [5, 5.41) is 43.3. The topological polar surface area (TPSA) is 84.2 Å². The molecule has 5 heteroatoms. The zero-order chi connectivity index (χ0) is 25.3. The number of benzene rings is 4. The van der Waals surface area contributed by atoms with Crippen LogP contribution < -0.4 is 0 Å². The van der Waals surface area contributed by atoms with Gasteiger partial charge >= 0.3 is 0 Å². The summed E-state index contributed by atoms with van der Waals surface area (Å²) in [7, 11) is 0. The van der Waals surface area contributed by atoms with Crippen LogP contribution in [0.1, 0.15) is 27.8 Å². The van der Waals surface area contributed by atoms with E-state index in [-0.39, 0.29) is 29.0 Å². The summed E-state index contributed by atoms with van der Waals surface area (Å²) >= 11 is 0. The van der Waals surface area contributed by atoms with Crippen molar-refractivity contribution in [2.75, 3.05) is 13.1 Å². The second-order valence-electron chi connectivity index (χ2n) is 10.4. The van der Waals surface area contributed by atoms with Crippen LogP contribution in [-0.4, -0.2) is 44.5 Å². The number of phenolic OH excluding ortho intramolecular Hbond substituents is 4. The molecule has 4 N–H and O–H groups in total. The second kappa shape index (κ2) is 7.89. The molecule has 0 fully saturated rings. The third kappa shape index (κ3) is 3.20. The molecule has 4 aromatic rings. The van der Waals surface area contributed by atoms with Gasteiger partial charge in [-0.15, -0.1) is 0 Å². The third-order valence-corrected chi connectivity index (χ3v) is 8.41. The average molecular weight is 490 g/mol. The van der Waals surface area contributed by atoms with Gasteiger partial charge in [-0.3, -0.25) is 4.90 Å². The first-order valence-corrected chi connectivity index (χ1v) is 12.7. The van der Waals surface area contributed by atoms with Crippen molar-refractivity contribution in [2.45, 2.75) is 24.3 Å². The van der Waals surface area contributed by atoms with E-state index in [1.165, 1.54) is 0 Å². The highest BCUT2D eigenvalue weighted by atomic mass is 16.3. The first kappa shape index (κ1) is 22.0. The largest absolute Gasteiger partial charge is 0.508 e. The maximum absolute atomic E-state index is 11.3. The van der Waals surface area contributed by atoms with Gasteiger partial charge in [-0.2, -0.15) is 0 Å². The van der Waals surface area contributed by atoms with Crippen LogP contribution in [-0.2, 0) is 18.3 Å². The maximum Gasteiger partial charge on any atom is 0.123 e. The van der Waals surface area contributed by atoms with Gasteiger partial charge in [-0.1, -0.05) is 42.5 Å². The molecule has 4 aliphatic rings. The van der Waals surface area contributed by atoms with Crippen LogP contribution in [0.15, 0.2) is 84.9 Å². The van der Waals surface area contributed by atoms with Crippen LogP contribution in [0.25, 0.3) is 16.7 Å². The van der Waals surface area contributed by atoms with Crippen LogP contribution in [0.5, 0.6) is 23.0 Å². The van der Waals surface area contributed by atoms with Crippen molar-refractivity contribution in [3.63, 3.8) is 0 Å². The lowest BCUT2D eigenvalue weighted by atomic mass is 9.68. The molecule has 1 unspecified atom stereocenters. The molecule has 3 atom stereocenters. The van der Waals surface area contributed by atoms with E-state index in [0.29, 0.717) is 6.54 Å². The quantitative estimate of drug-likeness (QED) is 0.290. The lowest BCUT2D eigenvalue weighted by molar-refractivity contribution is 0.176. The molecule has 0 amide bonds. The maximum atomic E-state index is 11.3. The van der Waals surface area contributed by atoms with Gasteiger partial charge in [0.25, 0.3) is 0 Å². The number of hydrogen-bond acceptors (Lipinski definition) is 5. The van der Waals surface area contributed by atoms with Gasteiger partial charge in [0.05, 0.1) is 5.41 Å². The highest BCUT2D eigenvalue weighted by molar-refractivity contribution is 5.87. The predicted octanol–water partition coefficient (Wildman–Crippen LogP) is 5.34. The van der Waals surface area contributed by atoms with E-state index in [0.717, 1.165) is 63.9 Å². The predicted molar refractivity (Wildman–Crippen MR) is 143 cm³/mol. The number of hydrogen-bond donors (Lipinski definition) is 4. The SMILES string of the molecule is Oc1cccc([C@@]23C=C4CN(CCc5ccc(c(O)c5)-c5ccc(O)cc54)[C@@H]2Cc2cccc(O)c23)c1. The van der Waals surface area contributed by atoms with E-state index in [9.17, 15) is 20.4 Å². The van der Waals surface area contributed by atoms with Gasteiger partial charge in [0.2, 0.25) is 0 Å². The first-order valence-electron chi connectivity index (χ1n) is 12.7. The fraction of sp³-hybridized carbons (Fsp3) is 0.188. The van der Waals surface area contributed by atoms with Crippen molar-refractivity contribution < 1.29 is 20.4 Å². The Labute approximate surface area is 215 Å². The zero-order valence-electron chi connectivity index (χ0n) is 20.2. The summed E-state index contributed by atoms with van der Waals surface area (Å²) in [5.74, 6) is 0.800. The fourth-order valence-corrected chi connectivity index (χ4v) is 6.85. The average Bonchev–Trinajstić information content (AvgIpc) is 3.23. The monoisotopic (exact) mass is 489 g/mol. The molecule has 5 nitrogen and oxygen atoms in total. The van der Waals surface area contributed by atoms with Gasteiger partial charge in [-0.05, 0) is 88.7 Å². The van der Waals surface area contributed by atoms with Crippen LogP contribution in [0.4, 0.5) is 0 Å². The smallest absolute Gasteiger partial charge is 0.123 e. The first-order chi connectivity index (χ1) is 17.9. The molecule has 37 heavy (non-hydrogen) atoms. The molecule has 0 saturated carbocycles. The molecule has 3 heterocycles. The number of aromatic hydroxyl groups is 4. The lowest BCUT2D eigenvalue weighted by Gasteiger charge is -2.46. The summed E-state index contributed by atoms with van der Waals surface area (Å²) in [6, 6.07) is 24.2. The van der Waals surface area contributed by atoms with Crippen molar-refractivity contribution >= 4 is 5.57 Å². The molecular formula is C32H27NO4. The molecule has 0 aromatic heterocycles. The van der Waals surface area contributed by atoms with Gasteiger partial charge in [-0.25, -0.2) is 0 Å². The Hall–Kier alpha value is -4.22. The van der Waals surface area contributed by atoms with Gasteiger partial charge in [0, 0.05) is 30.3 Å². The molecule has 0 saturated heterocycles. The van der Waals surface area contributed by atoms with E-state index in [4.69, 9.17) is 0 Å². The Kier molecular flexibility index (Phi) is 4.69. The molecule has 184 valence electrons. The number of phenols is 4. The van der Waals surface area contributed by atoms with E-state index >= 15 is 0 Å². The Morgan fingerprint density at radius 2 is 1.54 bits per heavy atom. The molecule has 3 aliphatic heterocycles. The summed E-state index contributed by atoms with van der Waals surface area (Å²) in [6.07, 6.45) is 3.76. The van der Waals surface area contributed by atoms with E-state index in [1.54, 1.807) is 30.3 Å². The fourth-order valence-electron chi connectivity index (χ4n) is 6.85. The summed E-state index contributed by atoms with van der Waals surface area (Å²) in [6.45, 7) is 1.42. The molecule has 0 spiro atoms. The summed E-state index contributed by atoms with van der Waals surface area (Å²) in [5.41, 5.74) is 6.64. The molecule has 4 aromatic carbocycles. The van der Waals surface area contributed by atoms with Crippen molar-refractivity contribution in [3.05, 3.63) is 113 Å². The van der Waals surface area contributed by atoms with Gasteiger partial charge in [0.15, 0.2) is 0 Å². The Morgan fingerprint density at radius 1 is 0.730 bits per heavy atom. The minimum Gasteiger partial charge on any atom is -0.508 e. The highest BCUT2D eigenvalue weighted by Crippen LogP contribution is 2.55. The van der Waals surface area contributed by atoms with Crippen molar-refractivity contribution in [1.29, 1.82) is 0 Å². The second-order valence-corrected chi connectivity index (χ2v) is 10.4. The molecule has 4 bridgehead atoms. The highest BCUT2D eigenvalue weighted by Gasteiger charge is 2.53. The molecule has 8 rings (SSSR count). The molecular weight excluding hydrogens is 462 g/mol.